The molecule has 0 spiro atoms. The van der Waals surface area contributed by atoms with Crippen LogP contribution in [0.5, 0.6) is 0 Å². The Hall–Kier alpha value is -3.55. The minimum absolute atomic E-state index is 0.134. The SMILES string of the molecule is CCCc1noc(-c2ccn3c(CNC(=O)c4ccc(C)cc4C)nnc3c2)n1. The number of carbonyl (C=O) groups is 1. The molecule has 8 nitrogen and oxygen atoms in total. The predicted molar refractivity (Wildman–Crippen MR) is 107 cm³/mol. The number of nitrogens with one attached hydrogen (secondary N) is 1. The molecule has 0 fully saturated rings. The van der Waals surface area contributed by atoms with E-state index in [2.05, 4.69) is 32.6 Å². The van der Waals surface area contributed by atoms with Gasteiger partial charge < -0.3 is 9.84 Å². The molecule has 0 unspecified atom stereocenters. The topological polar surface area (TPSA) is 98.2 Å². The number of hydrogen-bond donors (Lipinski definition) is 1. The van der Waals surface area contributed by atoms with Gasteiger partial charge in [-0.2, -0.15) is 4.98 Å². The highest BCUT2D eigenvalue weighted by Gasteiger charge is 2.14. The largest absolute Gasteiger partial charge is 0.345 e. The summed E-state index contributed by atoms with van der Waals surface area (Å²) in [5.74, 6) is 1.66. The smallest absolute Gasteiger partial charge is 0.258 e. The van der Waals surface area contributed by atoms with Crippen molar-refractivity contribution in [3.05, 3.63) is 64.9 Å². The highest BCUT2D eigenvalue weighted by atomic mass is 16.5. The van der Waals surface area contributed by atoms with Gasteiger partial charge in [-0.05, 0) is 44.0 Å². The zero-order valence-corrected chi connectivity index (χ0v) is 16.6. The lowest BCUT2D eigenvalue weighted by Gasteiger charge is -2.08. The number of pyridine rings is 1. The molecule has 0 aliphatic rings. The molecule has 0 atom stereocenters. The van der Waals surface area contributed by atoms with Gasteiger partial charge in [-0.25, -0.2) is 0 Å². The van der Waals surface area contributed by atoms with Crippen LogP contribution >= 0.6 is 0 Å². The summed E-state index contributed by atoms with van der Waals surface area (Å²) in [6, 6.07) is 9.47. The normalized spacial score (nSPS) is 11.1. The molecule has 3 aromatic heterocycles. The first kappa shape index (κ1) is 18.8. The third kappa shape index (κ3) is 3.87. The maximum Gasteiger partial charge on any atom is 0.258 e. The minimum Gasteiger partial charge on any atom is -0.345 e. The van der Waals surface area contributed by atoms with Crippen molar-refractivity contribution in [2.75, 3.05) is 0 Å². The third-order valence-electron chi connectivity index (χ3n) is 4.70. The third-order valence-corrected chi connectivity index (χ3v) is 4.70. The van der Waals surface area contributed by atoms with Crippen molar-refractivity contribution in [1.29, 1.82) is 0 Å². The molecule has 8 heteroatoms. The van der Waals surface area contributed by atoms with Crippen LogP contribution in [0.2, 0.25) is 0 Å². The second kappa shape index (κ2) is 7.83. The molecule has 0 bridgehead atoms. The standard InChI is InChI=1S/C21H22N6O2/c1-4-5-17-23-21(29-26-17)15-8-9-27-18(11-15)24-25-19(27)12-22-20(28)16-7-6-13(2)10-14(16)3/h6-11H,4-5,12H2,1-3H3,(H,22,28). The van der Waals surface area contributed by atoms with Gasteiger partial charge in [-0.15, -0.1) is 10.2 Å². The first-order valence-electron chi connectivity index (χ1n) is 9.57. The molecule has 0 aliphatic heterocycles. The van der Waals surface area contributed by atoms with Gasteiger partial charge in [-0.1, -0.05) is 29.8 Å². The van der Waals surface area contributed by atoms with Gasteiger partial charge in [0.2, 0.25) is 0 Å². The average molecular weight is 390 g/mol. The van der Waals surface area contributed by atoms with Crippen LogP contribution in [0.15, 0.2) is 41.1 Å². The second-order valence-corrected chi connectivity index (χ2v) is 7.03. The van der Waals surface area contributed by atoms with Crippen LogP contribution in [0.25, 0.3) is 17.1 Å². The molecule has 3 heterocycles. The number of amides is 1. The molecule has 1 aromatic carbocycles. The number of aryl methyl sites for hydroxylation is 3. The van der Waals surface area contributed by atoms with E-state index in [4.69, 9.17) is 4.52 Å². The number of aromatic nitrogens is 5. The van der Waals surface area contributed by atoms with Crippen LogP contribution < -0.4 is 5.32 Å². The highest BCUT2D eigenvalue weighted by molar-refractivity contribution is 5.95. The highest BCUT2D eigenvalue weighted by Crippen LogP contribution is 2.19. The van der Waals surface area contributed by atoms with E-state index in [9.17, 15) is 4.79 Å². The monoisotopic (exact) mass is 390 g/mol. The molecule has 4 aromatic rings. The molecule has 0 radical (unpaired) electrons. The van der Waals surface area contributed by atoms with Crippen molar-refractivity contribution < 1.29 is 9.32 Å². The molecule has 1 amide bonds. The van der Waals surface area contributed by atoms with Gasteiger partial charge in [0.25, 0.3) is 11.8 Å². The van der Waals surface area contributed by atoms with E-state index >= 15 is 0 Å². The maximum absolute atomic E-state index is 12.5. The molecule has 29 heavy (non-hydrogen) atoms. The lowest BCUT2D eigenvalue weighted by Crippen LogP contribution is -2.24. The van der Waals surface area contributed by atoms with Crippen LogP contribution in [0, 0.1) is 13.8 Å². The zero-order valence-electron chi connectivity index (χ0n) is 16.6. The van der Waals surface area contributed by atoms with Crippen LogP contribution in [-0.2, 0) is 13.0 Å². The average Bonchev–Trinajstić information content (AvgIpc) is 3.33. The summed E-state index contributed by atoms with van der Waals surface area (Å²) in [6.45, 7) is 6.27. The molecule has 0 aliphatic carbocycles. The van der Waals surface area contributed by atoms with E-state index in [-0.39, 0.29) is 12.5 Å². The van der Waals surface area contributed by atoms with Crippen LogP contribution in [0.1, 0.15) is 46.5 Å². The van der Waals surface area contributed by atoms with Crippen LogP contribution in [0.3, 0.4) is 0 Å². The summed E-state index contributed by atoms with van der Waals surface area (Å²) in [7, 11) is 0. The van der Waals surface area contributed by atoms with E-state index in [1.807, 2.05) is 54.8 Å². The van der Waals surface area contributed by atoms with E-state index in [0.717, 1.165) is 29.5 Å². The van der Waals surface area contributed by atoms with E-state index < -0.39 is 0 Å². The van der Waals surface area contributed by atoms with Crippen molar-refractivity contribution in [2.45, 2.75) is 40.2 Å². The number of benzene rings is 1. The lowest BCUT2D eigenvalue weighted by molar-refractivity contribution is 0.0949. The van der Waals surface area contributed by atoms with Crippen LogP contribution in [0.4, 0.5) is 0 Å². The maximum atomic E-state index is 12.5. The van der Waals surface area contributed by atoms with Crippen molar-refractivity contribution >= 4 is 11.6 Å². The Bertz CT molecular complexity index is 1180. The summed E-state index contributed by atoms with van der Waals surface area (Å²) in [5, 5.41) is 15.3. The number of hydrogen-bond acceptors (Lipinski definition) is 6. The van der Waals surface area contributed by atoms with Gasteiger partial charge in [0, 0.05) is 23.7 Å². The Labute approximate surface area is 168 Å². The second-order valence-electron chi connectivity index (χ2n) is 7.03. The van der Waals surface area contributed by atoms with Crippen molar-refractivity contribution in [3.63, 3.8) is 0 Å². The summed E-state index contributed by atoms with van der Waals surface area (Å²) in [6.07, 6.45) is 3.58. The molecular formula is C21H22N6O2. The fourth-order valence-electron chi connectivity index (χ4n) is 3.21. The van der Waals surface area contributed by atoms with E-state index in [1.54, 1.807) is 0 Å². The Morgan fingerprint density at radius 1 is 1.17 bits per heavy atom. The predicted octanol–water partition coefficient (Wildman–Crippen LogP) is 3.28. The number of rotatable bonds is 6. The van der Waals surface area contributed by atoms with Crippen molar-refractivity contribution in [1.82, 2.24) is 30.1 Å². The molecule has 148 valence electrons. The van der Waals surface area contributed by atoms with Gasteiger partial charge in [0.05, 0.1) is 6.54 Å². The minimum atomic E-state index is -0.134. The molecular weight excluding hydrogens is 368 g/mol. The van der Waals surface area contributed by atoms with E-state index in [0.29, 0.717) is 28.8 Å². The Kier molecular flexibility index (Phi) is 5.07. The van der Waals surface area contributed by atoms with Crippen LogP contribution in [-0.4, -0.2) is 30.6 Å². The van der Waals surface area contributed by atoms with Crippen molar-refractivity contribution in [3.8, 4) is 11.5 Å². The summed E-state index contributed by atoms with van der Waals surface area (Å²) in [5.41, 5.74) is 4.16. The summed E-state index contributed by atoms with van der Waals surface area (Å²) < 4.78 is 7.16. The Morgan fingerprint density at radius 2 is 2.03 bits per heavy atom. The van der Waals surface area contributed by atoms with Crippen molar-refractivity contribution in [2.24, 2.45) is 0 Å². The fraction of sp³-hybridized carbons (Fsp3) is 0.286. The Balaban J connectivity index is 1.50. The first-order valence-corrected chi connectivity index (χ1v) is 9.57. The van der Waals surface area contributed by atoms with Gasteiger partial charge >= 0.3 is 0 Å². The number of carbonyl (C=O) groups excluding carboxylic acids is 1. The van der Waals surface area contributed by atoms with Gasteiger partial charge in [-0.3, -0.25) is 9.20 Å². The molecule has 0 saturated heterocycles. The summed E-state index contributed by atoms with van der Waals surface area (Å²) in [4.78, 5) is 16.9. The fourth-order valence-corrected chi connectivity index (χ4v) is 3.21. The molecule has 4 rings (SSSR count). The summed E-state index contributed by atoms with van der Waals surface area (Å²) >= 11 is 0. The van der Waals surface area contributed by atoms with Gasteiger partial charge in [0.15, 0.2) is 17.3 Å². The molecule has 1 N–H and O–H groups in total. The zero-order chi connectivity index (χ0) is 20.4. The van der Waals surface area contributed by atoms with E-state index in [1.165, 1.54) is 0 Å². The van der Waals surface area contributed by atoms with Gasteiger partial charge in [0.1, 0.15) is 0 Å². The number of fused-ring (bicyclic) bond motifs is 1. The first-order chi connectivity index (χ1) is 14.0. The quantitative estimate of drug-likeness (QED) is 0.542. The molecule has 0 saturated carbocycles. The lowest BCUT2D eigenvalue weighted by atomic mass is 10.1. The number of nitrogens with zero attached hydrogens (tertiary/aromatic N) is 5. The Morgan fingerprint density at radius 3 is 2.83 bits per heavy atom.